The van der Waals surface area contributed by atoms with E-state index in [2.05, 4.69) is 21.5 Å². The molecule has 1 amide bonds. The van der Waals surface area contributed by atoms with E-state index in [4.69, 9.17) is 17.6 Å². The van der Waals surface area contributed by atoms with E-state index < -0.39 is 5.92 Å². The Morgan fingerprint density at radius 1 is 1.24 bits per heavy atom. The fourth-order valence-electron chi connectivity index (χ4n) is 2.84. The second-order valence-electron chi connectivity index (χ2n) is 5.57. The Morgan fingerprint density at radius 3 is 2.56 bits per heavy atom. The molecule has 1 atom stereocenters. The molecule has 5 nitrogen and oxygen atoms in total. The first-order chi connectivity index (χ1) is 12.1. The molecular formula is C19H16N4OS. The number of hydrogen-bond donors (Lipinski definition) is 3. The molecule has 0 fully saturated rings. The summed E-state index contributed by atoms with van der Waals surface area (Å²) < 4.78 is 0. The van der Waals surface area contributed by atoms with Crippen LogP contribution in [0, 0.1) is 5.41 Å². The summed E-state index contributed by atoms with van der Waals surface area (Å²) in [5, 5.41) is 13.6. The number of benzene rings is 1. The number of aromatic nitrogens is 1. The largest absolute Gasteiger partial charge is 0.349 e. The smallest absolute Gasteiger partial charge is 0.254 e. The monoisotopic (exact) mass is 348 g/mol. The van der Waals surface area contributed by atoms with Crippen LogP contribution in [0.1, 0.15) is 18.4 Å². The van der Waals surface area contributed by atoms with Gasteiger partial charge in [-0.05, 0) is 42.6 Å². The highest BCUT2D eigenvalue weighted by atomic mass is 32.1. The number of amides is 1. The Labute approximate surface area is 151 Å². The number of carbonyl (C=O) groups is 1. The van der Waals surface area contributed by atoms with Gasteiger partial charge in [0.15, 0.2) is 0 Å². The van der Waals surface area contributed by atoms with Crippen molar-refractivity contribution in [3.8, 4) is 0 Å². The van der Waals surface area contributed by atoms with Gasteiger partial charge < -0.3 is 10.6 Å². The van der Waals surface area contributed by atoms with Gasteiger partial charge in [-0.2, -0.15) is 0 Å². The zero-order valence-corrected chi connectivity index (χ0v) is 14.4. The molecule has 2 heterocycles. The number of anilines is 1. The number of nitrogens with one attached hydrogen (secondary N) is 3. The van der Waals surface area contributed by atoms with Crippen molar-refractivity contribution in [1.82, 2.24) is 10.3 Å². The topological polar surface area (TPSA) is 77.9 Å². The molecule has 124 valence electrons. The normalized spacial score (nSPS) is 16.9. The lowest BCUT2D eigenvalue weighted by molar-refractivity contribution is -0.113. The van der Waals surface area contributed by atoms with Crippen LogP contribution >= 0.6 is 12.2 Å². The first-order valence-electron chi connectivity index (χ1n) is 7.70. The van der Waals surface area contributed by atoms with Crippen LogP contribution in [-0.2, 0) is 4.79 Å². The highest BCUT2D eigenvalue weighted by Crippen LogP contribution is 2.36. The molecule has 0 spiro atoms. The number of carbonyl (C=O) groups excluding carboxylic acids is 1. The van der Waals surface area contributed by atoms with Gasteiger partial charge in [-0.15, -0.1) is 0 Å². The number of allylic oxidation sites excluding steroid dienone is 1. The zero-order valence-electron chi connectivity index (χ0n) is 13.5. The number of rotatable bonds is 3. The average molecular weight is 348 g/mol. The predicted molar refractivity (Wildman–Crippen MR) is 102 cm³/mol. The molecule has 3 N–H and O–H groups in total. The minimum Gasteiger partial charge on any atom is -0.349 e. The van der Waals surface area contributed by atoms with E-state index in [-0.39, 0.29) is 5.91 Å². The summed E-state index contributed by atoms with van der Waals surface area (Å²) >= 11 is 5.34. The van der Waals surface area contributed by atoms with Gasteiger partial charge >= 0.3 is 0 Å². The minimum absolute atomic E-state index is 0.242. The molecule has 1 unspecified atom stereocenters. The molecule has 1 aliphatic heterocycles. The maximum atomic E-state index is 13.0. The SMILES string of the molecule is CC1=C(C(=O)Nc2ccccc2)C(c2ccncc2)C(=C=N)C(=S)N1. The highest BCUT2D eigenvalue weighted by molar-refractivity contribution is 7.80. The van der Waals surface area contributed by atoms with E-state index in [9.17, 15) is 4.79 Å². The second kappa shape index (κ2) is 7.21. The van der Waals surface area contributed by atoms with E-state index in [0.29, 0.717) is 27.5 Å². The first kappa shape index (κ1) is 16.8. The van der Waals surface area contributed by atoms with Crippen molar-refractivity contribution in [2.75, 3.05) is 5.32 Å². The molecule has 1 aromatic heterocycles. The van der Waals surface area contributed by atoms with Crippen LogP contribution in [-0.4, -0.2) is 21.7 Å². The molecule has 6 heteroatoms. The van der Waals surface area contributed by atoms with Gasteiger partial charge in [0.1, 0.15) is 4.99 Å². The Bertz CT molecular complexity index is 900. The maximum absolute atomic E-state index is 13.0. The van der Waals surface area contributed by atoms with Gasteiger partial charge in [-0.25, -0.2) is 0 Å². The summed E-state index contributed by atoms with van der Waals surface area (Å²) in [6.07, 6.45) is 3.31. The van der Waals surface area contributed by atoms with Crippen molar-refractivity contribution in [3.63, 3.8) is 0 Å². The van der Waals surface area contributed by atoms with E-state index in [1.165, 1.54) is 0 Å². The fourth-order valence-corrected chi connectivity index (χ4v) is 3.16. The van der Waals surface area contributed by atoms with Crippen LogP contribution in [0.25, 0.3) is 0 Å². The van der Waals surface area contributed by atoms with Gasteiger partial charge in [0.2, 0.25) is 0 Å². The molecule has 0 saturated carbocycles. The van der Waals surface area contributed by atoms with E-state index in [1.807, 2.05) is 42.5 Å². The van der Waals surface area contributed by atoms with Gasteiger partial charge in [0, 0.05) is 29.4 Å². The van der Waals surface area contributed by atoms with Gasteiger partial charge in [-0.3, -0.25) is 15.2 Å². The Morgan fingerprint density at radius 2 is 1.92 bits per heavy atom. The standard InChI is InChI=1S/C19H16N4OS/c1-12-16(18(24)23-14-5-3-2-4-6-14)17(13-7-9-21-10-8-13)15(11-20)19(25)22-12/h2-10,17,20H,1H3,(H,22,25)(H,23,24). The first-order valence-corrected chi connectivity index (χ1v) is 8.10. The van der Waals surface area contributed by atoms with Crippen LogP contribution in [0.5, 0.6) is 0 Å². The summed E-state index contributed by atoms with van der Waals surface area (Å²) in [6.45, 7) is 1.81. The molecule has 25 heavy (non-hydrogen) atoms. The number of nitrogens with zero attached hydrogens (tertiary/aromatic N) is 1. The predicted octanol–water partition coefficient (Wildman–Crippen LogP) is 3.18. The van der Waals surface area contributed by atoms with Gasteiger partial charge in [0.25, 0.3) is 5.91 Å². The third kappa shape index (κ3) is 3.40. The van der Waals surface area contributed by atoms with Crippen LogP contribution in [0.2, 0.25) is 0 Å². The molecule has 3 rings (SSSR count). The Kier molecular flexibility index (Phi) is 4.84. The molecule has 1 aliphatic rings. The van der Waals surface area contributed by atoms with E-state index >= 15 is 0 Å². The molecular weight excluding hydrogens is 332 g/mol. The number of pyridine rings is 1. The number of hydrogen-bond acceptors (Lipinski definition) is 4. The summed E-state index contributed by atoms with van der Waals surface area (Å²) in [6, 6.07) is 12.9. The molecule has 2 aromatic rings. The van der Waals surface area contributed by atoms with Crippen LogP contribution < -0.4 is 10.6 Å². The van der Waals surface area contributed by atoms with Crippen molar-refractivity contribution in [2.24, 2.45) is 0 Å². The molecule has 0 saturated heterocycles. The summed E-state index contributed by atoms with van der Waals surface area (Å²) in [4.78, 5) is 17.4. The highest BCUT2D eigenvalue weighted by Gasteiger charge is 2.34. The van der Waals surface area contributed by atoms with Crippen LogP contribution in [0.15, 0.2) is 71.7 Å². The quantitative estimate of drug-likeness (QED) is 0.452. The third-order valence-electron chi connectivity index (χ3n) is 3.98. The van der Waals surface area contributed by atoms with Crippen molar-refractivity contribution >= 4 is 34.7 Å². The number of thiocarbonyl (C=S) groups is 1. The van der Waals surface area contributed by atoms with E-state index in [0.717, 1.165) is 5.56 Å². The lowest BCUT2D eigenvalue weighted by Crippen LogP contribution is -2.36. The minimum atomic E-state index is -0.460. The average Bonchev–Trinajstić information content (AvgIpc) is 2.62. The van der Waals surface area contributed by atoms with Crippen molar-refractivity contribution < 1.29 is 4.79 Å². The van der Waals surface area contributed by atoms with Crippen LogP contribution in [0.3, 0.4) is 0 Å². The third-order valence-corrected chi connectivity index (χ3v) is 4.30. The van der Waals surface area contributed by atoms with Crippen molar-refractivity contribution in [1.29, 1.82) is 5.41 Å². The van der Waals surface area contributed by atoms with Crippen molar-refractivity contribution in [2.45, 2.75) is 12.8 Å². The summed E-state index contributed by atoms with van der Waals surface area (Å²) in [7, 11) is 0. The molecule has 0 aliphatic carbocycles. The molecule has 1 aromatic carbocycles. The van der Waals surface area contributed by atoms with Crippen LogP contribution in [0.4, 0.5) is 5.69 Å². The lowest BCUT2D eigenvalue weighted by atomic mass is 9.81. The Hall–Kier alpha value is -3.08. The number of para-hydroxylation sites is 1. The lowest BCUT2D eigenvalue weighted by Gasteiger charge is -2.29. The molecule has 0 radical (unpaired) electrons. The van der Waals surface area contributed by atoms with Crippen molar-refractivity contribution in [3.05, 3.63) is 77.3 Å². The second-order valence-corrected chi connectivity index (χ2v) is 5.97. The summed E-state index contributed by atoms with van der Waals surface area (Å²) in [5.74, 6) is 1.70. The van der Waals surface area contributed by atoms with E-state index in [1.54, 1.807) is 19.3 Å². The van der Waals surface area contributed by atoms with Gasteiger partial charge in [-0.1, -0.05) is 30.4 Å². The molecule has 0 bridgehead atoms. The summed E-state index contributed by atoms with van der Waals surface area (Å²) in [5.41, 5.74) is 3.18. The fraction of sp³-hybridized carbons (Fsp3) is 0.105. The Balaban J connectivity index is 2.07. The zero-order chi connectivity index (χ0) is 17.8. The van der Waals surface area contributed by atoms with Gasteiger partial charge in [0.05, 0.1) is 11.5 Å². The maximum Gasteiger partial charge on any atom is 0.254 e.